The maximum absolute atomic E-state index is 12.6. The van der Waals surface area contributed by atoms with Gasteiger partial charge in [-0.25, -0.2) is 0 Å². The van der Waals surface area contributed by atoms with E-state index in [-0.39, 0.29) is 11.1 Å². The van der Waals surface area contributed by atoms with E-state index in [1.807, 2.05) is 0 Å². The van der Waals surface area contributed by atoms with E-state index in [1.54, 1.807) is 0 Å². The van der Waals surface area contributed by atoms with Crippen molar-refractivity contribution in [3.8, 4) is 0 Å². The Morgan fingerprint density at radius 1 is 0.955 bits per heavy atom. The quantitative estimate of drug-likeness (QED) is 0.914. The summed E-state index contributed by atoms with van der Waals surface area (Å²) in [6.07, 6.45) is -4.51. The lowest BCUT2D eigenvalue weighted by molar-refractivity contribution is -0.137. The molecule has 22 heavy (non-hydrogen) atoms. The molecule has 114 valence electrons. The van der Waals surface area contributed by atoms with Gasteiger partial charge in [0.25, 0.3) is 5.91 Å². The lowest BCUT2D eigenvalue weighted by atomic mass is 10.1. The highest BCUT2D eigenvalue weighted by atomic mass is 19.4. The maximum atomic E-state index is 12.6. The average Bonchev–Trinajstić information content (AvgIpc) is 2.47. The van der Waals surface area contributed by atoms with Gasteiger partial charge in [-0.1, -0.05) is 6.07 Å². The van der Waals surface area contributed by atoms with Crippen LogP contribution in [0, 0.1) is 0 Å². The minimum atomic E-state index is -4.51. The van der Waals surface area contributed by atoms with Gasteiger partial charge in [0.15, 0.2) is 0 Å². The third-order valence-corrected chi connectivity index (χ3v) is 2.88. The van der Waals surface area contributed by atoms with Crippen LogP contribution in [0.3, 0.4) is 0 Å². The van der Waals surface area contributed by atoms with Crippen LogP contribution in [-0.2, 0) is 6.18 Å². The molecule has 2 amide bonds. The van der Waals surface area contributed by atoms with E-state index >= 15 is 0 Å². The molecule has 2 rings (SSSR count). The van der Waals surface area contributed by atoms with Crippen molar-refractivity contribution in [3.63, 3.8) is 0 Å². The first-order valence-electron chi connectivity index (χ1n) is 6.16. The van der Waals surface area contributed by atoms with Gasteiger partial charge >= 0.3 is 6.18 Å². The van der Waals surface area contributed by atoms with Crippen molar-refractivity contribution in [1.82, 2.24) is 0 Å². The Bertz CT molecular complexity index is 709. The molecule has 3 N–H and O–H groups in total. The number of alkyl halides is 3. The Morgan fingerprint density at radius 3 is 2.14 bits per heavy atom. The van der Waals surface area contributed by atoms with E-state index < -0.39 is 23.6 Å². The van der Waals surface area contributed by atoms with Crippen molar-refractivity contribution in [2.45, 2.75) is 6.18 Å². The van der Waals surface area contributed by atoms with Crippen LogP contribution < -0.4 is 11.1 Å². The topological polar surface area (TPSA) is 72.2 Å². The van der Waals surface area contributed by atoms with Gasteiger partial charge in [-0.15, -0.1) is 0 Å². The second-order valence-corrected chi connectivity index (χ2v) is 4.47. The summed E-state index contributed by atoms with van der Waals surface area (Å²) in [6, 6.07) is 9.78. The van der Waals surface area contributed by atoms with Gasteiger partial charge in [0.1, 0.15) is 0 Å². The van der Waals surface area contributed by atoms with Crippen LogP contribution in [0.15, 0.2) is 48.5 Å². The molecule has 0 bridgehead atoms. The molecule has 7 heteroatoms. The number of hydrogen-bond acceptors (Lipinski definition) is 2. The SMILES string of the molecule is NC(=O)c1ccc(NC(=O)c2cccc(C(F)(F)F)c2)cc1. The van der Waals surface area contributed by atoms with Crippen molar-refractivity contribution < 1.29 is 22.8 Å². The van der Waals surface area contributed by atoms with Crippen LogP contribution in [0.4, 0.5) is 18.9 Å². The Hall–Kier alpha value is -2.83. The molecular weight excluding hydrogens is 297 g/mol. The molecule has 0 fully saturated rings. The number of carbonyl (C=O) groups excluding carboxylic acids is 2. The third-order valence-electron chi connectivity index (χ3n) is 2.88. The van der Waals surface area contributed by atoms with E-state index in [4.69, 9.17) is 5.73 Å². The van der Waals surface area contributed by atoms with Crippen molar-refractivity contribution in [3.05, 3.63) is 65.2 Å². The second kappa shape index (κ2) is 5.88. The lowest BCUT2D eigenvalue weighted by Gasteiger charge is -2.09. The monoisotopic (exact) mass is 308 g/mol. The van der Waals surface area contributed by atoms with Crippen LogP contribution >= 0.6 is 0 Å². The smallest absolute Gasteiger partial charge is 0.366 e. The molecule has 0 saturated heterocycles. The normalized spacial score (nSPS) is 11.0. The highest BCUT2D eigenvalue weighted by Crippen LogP contribution is 2.29. The largest absolute Gasteiger partial charge is 0.416 e. The first-order valence-corrected chi connectivity index (χ1v) is 6.16. The molecule has 0 heterocycles. The van der Waals surface area contributed by atoms with E-state index in [1.165, 1.54) is 30.3 Å². The number of carbonyl (C=O) groups is 2. The minimum Gasteiger partial charge on any atom is -0.366 e. The number of nitrogens with one attached hydrogen (secondary N) is 1. The molecule has 4 nitrogen and oxygen atoms in total. The molecule has 2 aromatic rings. The van der Waals surface area contributed by atoms with E-state index in [0.29, 0.717) is 5.69 Å². The Kier molecular flexibility index (Phi) is 4.16. The molecule has 0 aliphatic heterocycles. The van der Waals surface area contributed by atoms with Gasteiger partial charge in [0, 0.05) is 16.8 Å². The van der Waals surface area contributed by atoms with Crippen LogP contribution in [0.5, 0.6) is 0 Å². The van der Waals surface area contributed by atoms with Crippen molar-refractivity contribution in [2.75, 3.05) is 5.32 Å². The molecule has 0 aromatic heterocycles. The Labute approximate surface area is 123 Å². The average molecular weight is 308 g/mol. The number of nitrogens with two attached hydrogens (primary N) is 1. The molecule has 2 aromatic carbocycles. The van der Waals surface area contributed by atoms with Gasteiger partial charge in [0.2, 0.25) is 5.91 Å². The predicted molar refractivity (Wildman–Crippen MR) is 74.4 cm³/mol. The summed E-state index contributed by atoms with van der Waals surface area (Å²) in [4.78, 5) is 22.9. The Balaban J connectivity index is 2.17. The predicted octanol–water partition coefficient (Wildman–Crippen LogP) is 3.06. The van der Waals surface area contributed by atoms with Gasteiger partial charge in [-0.2, -0.15) is 13.2 Å². The van der Waals surface area contributed by atoms with Gasteiger partial charge in [-0.05, 0) is 42.5 Å². The summed E-state index contributed by atoms with van der Waals surface area (Å²) in [5.74, 6) is -1.30. The van der Waals surface area contributed by atoms with Crippen LogP contribution in [-0.4, -0.2) is 11.8 Å². The van der Waals surface area contributed by atoms with Crippen molar-refractivity contribution >= 4 is 17.5 Å². The number of hydrogen-bond donors (Lipinski definition) is 2. The minimum absolute atomic E-state index is 0.117. The first-order chi connectivity index (χ1) is 10.3. The number of rotatable bonds is 3. The summed E-state index contributed by atoms with van der Waals surface area (Å²) in [7, 11) is 0. The number of benzene rings is 2. The summed E-state index contributed by atoms with van der Waals surface area (Å²) in [6.45, 7) is 0. The number of anilines is 1. The van der Waals surface area contributed by atoms with Crippen LogP contribution in [0.1, 0.15) is 26.3 Å². The summed E-state index contributed by atoms with van der Waals surface area (Å²) >= 11 is 0. The Morgan fingerprint density at radius 2 is 1.59 bits per heavy atom. The van der Waals surface area contributed by atoms with Gasteiger partial charge in [-0.3, -0.25) is 9.59 Å². The summed E-state index contributed by atoms with van der Waals surface area (Å²) < 4.78 is 37.8. The molecule has 0 atom stereocenters. The zero-order valence-corrected chi connectivity index (χ0v) is 11.1. The standard InChI is InChI=1S/C15H11F3N2O2/c16-15(17,18)11-3-1-2-10(8-11)14(22)20-12-6-4-9(5-7-12)13(19)21/h1-8H,(H2,19,21)(H,20,22). The fraction of sp³-hybridized carbons (Fsp3) is 0.0667. The zero-order chi connectivity index (χ0) is 16.3. The lowest BCUT2D eigenvalue weighted by Crippen LogP contribution is -2.14. The highest BCUT2D eigenvalue weighted by molar-refractivity contribution is 6.04. The molecule has 0 spiro atoms. The van der Waals surface area contributed by atoms with E-state index in [9.17, 15) is 22.8 Å². The van der Waals surface area contributed by atoms with E-state index in [0.717, 1.165) is 18.2 Å². The van der Waals surface area contributed by atoms with Gasteiger partial charge < -0.3 is 11.1 Å². The van der Waals surface area contributed by atoms with Crippen LogP contribution in [0.25, 0.3) is 0 Å². The third kappa shape index (κ3) is 3.63. The maximum Gasteiger partial charge on any atom is 0.416 e. The number of primary amides is 1. The fourth-order valence-corrected chi connectivity index (χ4v) is 1.76. The molecule has 0 radical (unpaired) electrons. The molecule has 0 aliphatic rings. The van der Waals surface area contributed by atoms with E-state index in [2.05, 4.69) is 5.32 Å². The molecular formula is C15H11F3N2O2. The zero-order valence-electron chi connectivity index (χ0n) is 11.1. The van der Waals surface area contributed by atoms with Gasteiger partial charge in [0.05, 0.1) is 5.56 Å². The second-order valence-electron chi connectivity index (χ2n) is 4.47. The molecule has 0 saturated carbocycles. The summed E-state index contributed by atoms with van der Waals surface area (Å²) in [5, 5.41) is 2.44. The van der Waals surface area contributed by atoms with Crippen molar-refractivity contribution in [2.24, 2.45) is 5.73 Å². The molecule has 0 aliphatic carbocycles. The number of amides is 2. The molecule has 0 unspecified atom stereocenters. The summed E-state index contributed by atoms with van der Waals surface area (Å²) in [5.41, 5.74) is 4.67. The first kappa shape index (κ1) is 15.6. The number of halogens is 3. The van der Waals surface area contributed by atoms with Crippen molar-refractivity contribution in [1.29, 1.82) is 0 Å². The fourth-order valence-electron chi connectivity index (χ4n) is 1.76. The highest BCUT2D eigenvalue weighted by Gasteiger charge is 2.30. The van der Waals surface area contributed by atoms with Crippen LogP contribution in [0.2, 0.25) is 0 Å².